The molecule has 1 rings (SSSR count). The number of rotatable bonds is 14. The summed E-state index contributed by atoms with van der Waals surface area (Å²) in [5, 5.41) is 10.1. The maximum absolute atomic E-state index is 12.1. The SMILES string of the molecule is CCCCCC(O)CCN1CCC(=O)C1CCCCCCC(=O)OC. The van der Waals surface area contributed by atoms with Crippen molar-refractivity contribution in [3.05, 3.63) is 0 Å². The van der Waals surface area contributed by atoms with Gasteiger partial charge < -0.3 is 9.84 Å². The normalized spacial score (nSPS) is 19.3. The molecule has 0 aromatic carbocycles. The van der Waals surface area contributed by atoms with Gasteiger partial charge in [-0.05, 0) is 25.7 Å². The average Bonchev–Trinajstić information content (AvgIpc) is 2.96. The van der Waals surface area contributed by atoms with Crippen LogP contribution in [0.5, 0.6) is 0 Å². The first kappa shape index (κ1) is 22.1. The van der Waals surface area contributed by atoms with Gasteiger partial charge >= 0.3 is 5.97 Å². The minimum Gasteiger partial charge on any atom is -0.469 e. The van der Waals surface area contributed by atoms with E-state index in [0.29, 0.717) is 18.6 Å². The number of hydrogen-bond donors (Lipinski definition) is 1. The molecule has 5 nitrogen and oxygen atoms in total. The van der Waals surface area contributed by atoms with Crippen LogP contribution in [0.15, 0.2) is 0 Å². The summed E-state index contributed by atoms with van der Waals surface area (Å²) in [5.41, 5.74) is 0. The van der Waals surface area contributed by atoms with E-state index in [4.69, 9.17) is 0 Å². The van der Waals surface area contributed by atoms with Crippen molar-refractivity contribution in [3.8, 4) is 0 Å². The van der Waals surface area contributed by atoms with Crippen molar-refractivity contribution < 1.29 is 19.4 Å². The predicted molar refractivity (Wildman–Crippen MR) is 99.5 cm³/mol. The molecule has 5 heteroatoms. The minimum absolute atomic E-state index is 0.0449. The van der Waals surface area contributed by atoms with E-state index >= 15 is 0 Å². The van der Waals surface area contributed by atoms with Crippen molar-refractivity contribution in [1.82, 2.24) is 4.90 Å². The summed E-state index contributed by atoms with van der Waals surface area (Å²) in [6.45, 7) is 3.84. The summed E-state index contributed by atoms with van der Waals surface area (Å²) in [6, 6.07) is 0.0449. The standard InChI is InChI=1S/C20H37NO4/c1-3-4-7-10-17(22)13-15-21-16-14-19(23)18(21)11-8-5-6-9-12-20(24)25-2/h17-18,22H,3-16H2,1-2H3. The number of esters is 1. The highest BCUT2D eigenvalue weighted by atomic mass is 16.5. The summed E-state index contributed by atoms with van der Waals surface area (Å²) >= 11 is 0. The molecule has 1 aliphatic heterocycles. The number of ether oxygens (including phenoxy) is 1. The Morgan fingerprint density at radius 3 is 2.68 bits per heavy atom. The molecule has 0 amide bonds. The van der Waals surface area contributed by atoms with Crippen LogP contribution in [0.3, 0.4) is 0 Å². The number of likely N-dealkylation sites (tertiary alicyclic amines) is 1. The Kier molecular flexibility index (Phi) is 11.7. The van der Waals surface area contributed by atoms with Gasteiger partial charge in [-0.15, -0.1) is 0 Å². The third-order valence-corrected chi connectivity index (χ3v) is 5.18. The number of carbonyl (C=O) groups excluding carboxylic acids is 2. The monoisotopic (exact) mass is 355 g/mol. The number of unbranched alkanes of at least 4 members (excludes halogenated alkanes) is 5. The number of methoxy groups -OCH3 is 1. The first-order valence-electron chi connectivity index (χ1n) is 10.1. The zero-order chi connectivity index (χ0) is 18.5. The largest absolute Gasteiger partial charge is 0.469 e. The lowest BCUT2D eigenvalue weighted by Crippen LogP contribution is -2.35. The third-order valence-electron chi connectivity index (χ3n) is 5.18. The second kappa shape index (κ2) is 13.3. The predicted octanol–water partition coefficient (Wildman–Crippen LogP) is 3.47. The number of aliphatic hydroxyl groups is 1. The molecule has 0 saturated carbocycles. The Hall–Kier alpha value is -0.940. The molecule has 146 valence electrons. The van der Waals surface area contributed by atoms with Crippen LogP contribution in [-0.4, -0.2) is 54.1 Å². The topological polar surface area (TPSA) is 66.8 Å². The third kappa shape index (κ3) is 9.36. The molecule has 0 radical (unpaired) electrons. The highest BCUT2D eigenvalue weighted by molar-refractivity contribution is 5.86. The molecular formula is C20H37NO4. The molecule has 0 aromatic heterocycles. The summed E-state index contributed by atoms with van der Waals surface area (Å²) in [5.74, 6) is 0.213. The lowest BCUT2D eigenvalue weighted by molar-refractivity contribution is -0.140. The van der Waals surface area contributed by atoms with E-state index in [1.165, 1.54) is 20.0 Å². The maximum Gasteiger partial charge on any atom is 0.305 e. The Bertz CT molecular complexity index is 386. The van der Waals surface area contributed by atoms with E-state index in [1.54, 1.807) is 0 Å². The summed E-state index contributed by atoms with van der Waals surface area (Å²) < 4.78 is 4.63. The number of aliphatic hydroxyl groups excluding tert-OH is 1. The molecule has 0 bridgehead atoms. The Morgan fingerprint density at radius 1 is 1.20 bits per heavy atom. The average molecular weight is 356 g/mol. The molecule has 2 atom stereocenters. The van der Waals surface area contributed by atoms with Crippen LogP contribution < -0.4 is 0 Å². The number of nitrogens with zero attached hydrogens (tertiary/aromatic N) is 1. The van der Waals surface area contributed by atoms with Crippen molar-refractivity contribution in [2.75, 3.05) is 20.2 Å². The summed E-state index contributed by atoms with van der Waals surface area (Å²) in [4.78, 5) is 25.4. The smallest absolute Gasteiger partial charge is 0.305 e. The number of carbonyl (C=O) groups is 2. The van der Waals surface area contributed by atoms with E-state index in [-0.39, 0.29) is 18.1 Å². The van der Waals surface area contributed by atoms with E-state index in [1.807, 2.05) is 0 Å². The van der Waals surface area contributed by atoms with Gasteiger partial charge in [-0.3, -0.25) is 14.5 Å². The Morgan fingerprint density at radius 2 is 1.96 bits per heavy atom. The molecule has 1 aliphatic rings. The Labute approximate surface area is 153 Å². The molecule has 0 aliphatic carbocycles. The molecule has 1 heterocycles. The molecule has 25 heavy (non-hydrogen) atoms. The molecule has 0 spiro atoms. The fourth-order valence-electron chi connectivity index (χ4n) is 3.54. The summed E-state index contributed by atoms with van der Waals surface area (Å²) in [7, 11) is 1.42. The highest BCUT2D eigenvalue weighted by Crippen LogP contribution is 2.21. The second-order valence-corrected chi connectivity index (χ2v) is 7.24. The van der Waals surface area contributed by atoms with Crippen molar-refractivity contribution in [2.24, 2.45) is 0 Å². The molecule has 1 saturated heterocycles. The number of Topliss-reactive ketones (excluding diaryl/α,β-unsaturated/α-hetero) is 1. The van der Waals surface area contributed by atoms with Gasteiger partial charge in [-0.25, -0.2) is 0 Å². The van der Waals surface area contributed by atoms with E-state index < -0.39 is 0 Å². The molecule has 0 aromatic rings. The van der Waals surface area contributed by atoms with Gasteiger partial charge in [0.1, 0.15) is 0 Å². The van der Waals surface area contributed by atoms with Crippen LogP contribution in [0, 0.1) is 0 Å². The fraction of sp³-hybridized carbons (Fsp3) is 0.900. The van der Waals surface area contributed by atoms with Crippen LogP contribution >= 0.6 is 0 Å². The number of ketones is 1. The van der Waals surface area contributed by atoms with Crippen LogP contribution in [0.1, 0.15) is 84.0 Å². The second-order valence-electron chi connectivity index (χ2n) is 7.24. The summed E-state index contributed by atoms with van der Waals surface area (Å²) in [6.07, 6.45) is 10.8. The lowest BCUT2D eigenvalue weighted by atomic mass is 10.0. The molecular weight excluding hydrogens is 318 g/mol. The fourth-order valence-corrected chi connectivity index (χ4v) is 3.54. The van der Waals surface area contributed by atoms with Crippen LogP contribution in [0.25, 0.3) is 0 Å². The maximum atomic E-state index is 12.1. The van der Waals surface area contributed by atoms with Crippen molar-refractivity contribution in [2.45, 2.75) is 96.1 Å². The van der Waals surface area contributed by atoms with Crippen molar-refractivity contribution in [3.63, 3.8) is 0 Å². The van der Waals surface area contributed by atoms with E-state index in [2.05, 4.69) is 16.6 Å². The van der Waals surface area contributed by atoms with Gasteiger partial charge in [0.2, 0.25) is 0 Å². The van der Waals surface area contributed by atoms with Crippen molar-refractivity contribution >= 4 is 11.8 Å². The van der Waals surface area contributed by atoms with Gasteiger partial charge in [-0.1, -0.05) is 45.4 Å². The minimum atomic E-state index is -0.235. The lowest BCUT2D eigenvalue weighted by Gasteiger charge is -2.24. The van der Waals surface area contributed by atoms with Gasteiger partial charge in [-0.2, -0.15) is 0 Å². The Balaban J connectivity index is 2.18. The molecule has 1 fully saturated rings. The molecule has 1 N–H and O–H groups in total. The zero-order valence-corrected chi connectivity index (χ0v) is 16.2. The number of hydrogen-bond acceptors (Lipinski definition) is 5. The first-order chi connectivity index (χ1) is 12.1. The molecule has 2 unspecified atom stereocenters. The highest BCUT2D eigenvalue weighted by Gasteiger charge is 2.31. The quantitative estimate of drug-likeness (QED) is 0.382. The van der Waals surface area contributed by atoms with Gasteiger partial charge in [0.25, 0.3) is 0 Å². The van der Waals surface area contributed by atoms with Crippen LogP contribution in [0.4, 0.5) is 0 Å². The van der Waals surface area contributed by atoms with Gasteiger partial charge in [0, 0.05) is 25.9 Å². The zero-order valence-electron chi connectivity index (χ0n) is 16.2. The van der Waals surface area contributed by atoms with E-state index in [9.17, 15) is 14.7 Å². The van der Waals surface area contributed by atoms with Crippen LogP contribution in [-0.2, 0) is 14.3 Å². The van der Waals surface area contributed by atoms with Crippen LogP contribution in [0.2, 0.25) is 0 Å². The van der Waals surface area contributed by atoms with Crippen molar-refractivity contribution in [1.29, 1.82) is 0 Å². The van der Waals surface area contributed by atoms with Gasteiger partial charge in [0.05, 0.1) is 19.3 Å². The first-order valence-corrected chi connectivity index (χ1v) is 10.1. The van der Waals surface area contributed by atoms with E-state index in [0.717, 1.165) is 64.5 Å². The van der Waals surface area contributed by atoms with Gasteiger partial charge in [0.15, 0.2) is 5.78 Å².